The number of carbonyl (C=O) groups is 2. The van der Waals surface area contributed by atoms with E-state index in [9.17, 15) is 49.7 Å². The zero-order valence-electron chi connectivity index (χ0n) is 39.0. The van der Waals surface area contributed by atoms with Gasteiger partial charge in [-0.05, 0) is 83.5 Å². The van der Waals surface area contributed by atoms with Crippen molar-refractivity contribution in [3.05, 3.63) is 122 Å². The van der Waals surface area contributed by atoms with Crippen LogP contribution in [0.2, 0.25) is 0 Å². The highest BCUT2D eigenvalue weighted by atomic mass is 31.2. The Hall–Kier alpha value is -3.79. The number of phosphoric acid groups is 1. The third-order valence-corrected chi connectivity index (χ3v) is 10.9. The summed E-state index contributed by atoms with van der Waals surface area (Å²) in [4.78, 5) is 35.7. The molecule has 9 atom stereocenters. The maximum atomic E-state index is 12.8. The number of hydrogen-bond acceptors (Lipinski definition) is 13. The van der Waals surface area contributed by atoms with Crippen LogP contribution in [0.15, 0.2) is 122 Å². The lowest BCUT2D eigenvalue weighted by Crippen LogP contribution is -2.64. The van der Waals surface area contributed by atoms with Gasteiger partial charge in [0.2, 0.25) is 0 Å². The quantitative estimate of drug-likeness (QED) is 0.0103. The first kappa shape index (κ1) is 60.2. The summed E-state index contributed by atoms with van der Waals surface area (Å²) in [7, 11) is -5.17. The van der Waals surface area contributed by atoms with E-state index in [1.54, 1.807) is 6.08 Å². The second-order valence-electron chi connectivity index (χ2n) is 15.7. The molecule has 0 bridgehead atoms. The predicted octanol–water partition coefficient (Wildman–Crippen LogP) is 8.36. The average molecular weight is 947 g/mol. The normalized spacial score (nSPS) is 22.9. The lowest BCUT2D eigenvalue weighted by molar-refractivity contribution is -0.220. The Kier molecular flexibility index (Phi) is 35.8. The summed E-state index contributed by atoms with van der Waals surface area (Å²) in [5.74, 6) is -1.26. The molecule has 1 fully saturated rings. The van der Waals surface area contributed by atoms with Crippen LogP contribution in [0.5, 0.6) is 0 Å². The smallest absolute Gasteiger partial charge is 0.462 e. The van der Waals surface area contributed by atoms with Crippen molar-refractivity contribution in [3.8, 4) is 0 Å². The van der Waals surface area contributed by atoms with Crippen molar-refractivity contribution in [1.82, 2.24) is 0 Å². The Morgan fingerprint density at radius 1 is 0.545 bits per heavy atom. The van der Waals surface area contributed by atoms with Gasteiger partial charge in [0, 0.05) is 12.8 Å². The summed E-state index contributed by atoms with van der Waals surface area (Å²) in [6.45, 7) is 2.88. The number of allylic oxidation sites excluding steroid dienone is 18. The van der Waals surface area contributed by atoms with Crippen molar-refractivity contribution >= 4 is 19.8 Å². The average Bonchev–Trinajstić information content (AvgIpc) is 3.29. The van der Waals surface area contributed by atoms with Crippen LogP contribution in [0.3, 0.4) is 0 Å². The summed E-state index contributed by atoms with van der Waals surface area (Å²) < 4.78 is 33.4. The molecule has 0 radical (unpaired) electrons. The molecule has 0 aliphatic heterocycles. The van der Waals surface area contributed by atoms with E-state index in [1.165, 1.54) is 0 Å². The van der Waals surface area contributed by atoms with Gasteiger partial charge in [-0.25, -0.2) is 4.57 Å². The van der Waals surface area contributed by atoms with Gasteiger partial charge < -0.3 is 45.0 Å². The molecule has 0 aromatic carbocycles. The molecule has 1 rings (SSSR count). The van der Waals surface area contributed by atoms with Gasteiger partial charge >= 0.3 is 19.8 Å². The number of unbranched alkanes of at least 4 members (excludes halogenated alkanes) is 4. The fourth-order valence-electron chi connectivity index (χ4n) is 6.15. The Morgan fingerprint density at radius 2 is 1.03 bits per heavy atom. The Morgan fingerprint density at radius 3 is 1.61 bits per heavy atom. The summed E-state index contributed by atoms with van der Waals surface area (Å²) >= 11 is 0. The van der Waals surface area contributed by atoms with Crippen molar-refractivity contribution in [1.29, 1.82) is 0 Å². The Bertz CT molecular complexity index is 1630. The lowest BCUT2D eigenvalue weighted by Gasteiger charge is -2.41. The molecule has 0 heterocycles. The van der Waals surface area contributed by atoms with Crippen LogP contribution in [-0.2, 0) is 32.7 Å². The molecule has 372 valence electrons. The first-order valence-corrected chi connectivity index (χ1v) is 24.9. The first-order chi connectivity index (χ1) is 31.8. The van der Waals surface area contributed by atoms with Crippen LogP contribution in [0, 0.1) is 0 Å². The van der Waals surface area contributed by atoms with Gasteiger partial charge in [-0.15, -0.1) is 0 Å². The van der Waals surface area contributed by atoms with E-state index in [-0.39, 0.29) is 12.8 Å². The van der Waals surface area contributed by atoms with Crippen LogP contribution in [0.4, 0.5) is 0 Å². The van der Waals surface area contributed by atoms with E-state index in [1.807, 2.05) is 66.8 Å². The second kappa shape index (κ2) is 39.2. The number of hydrogen-bond donors (Lipinski definition) is 7. The molecule has 7 N–H and O–H groups in total. The van der Waals surface area contributed by atoms with Gasteiger partial charge in [0.05, 0.1) is 12.7 Å². The number of esters is 2. The largest absolute Gasteiger partial charge is 0.472 e. The second-order valence-corrected chi connectivity index (χ2v) is 17.1. The van der Waals surface area contributed by atoms with Crippen LogP contribution in [-0.4, -0.2) is 110 Å². The van der Waals surface area contributed by atoms with E-state index in [2.05, 4.69) is 62.5 Å². The molecule has 4 unspecified atom stereocenters. The number of aliphatic hydroxyl groups is 6. The molecular weight excluding hydrogens is 868 g/mol. The van der Waals surface area contributed by atoms with Gasteiger partial charge in [-0.1, -0.05) is 148 Å². The molecule has 0 amide bonds. The highest BCUT2D eigenvalue weighted by Gasteiger charge is 2.51. The molecule has 0 aromatic rings. The lowest BCUT2D eigenvalue weighted by atomic mass is 9.85. The van der Waals surface area contributed by atoms with Crippen LogP contribution < -0.4 is 0 Å². The van der Waals surface area contributed by atoms with Crippen LogP contribution in [0.1, 0.15) is 123 Å². The van der Waals surface area contributed by atoms with E-state index in [4.69, 9.17) is 18.5 Å². The molecule has 0 aromatic heterocycles. The minimum atomic E-state index is -5.17. The SMILES string of the molecule is CC/C=C\C/C=C\C/C=C\C/C=C\CCCCCCC(=O)OC[C@H](COP(=O)(O)OC1[C@H](O)[C@H](O)C(O)[C@H](O)[C@H]1O)OC(=O)CC/C=C\C/C=C\C/C=C\C/C=C/C=C/C(O)C/C=C\CC. The third kappa shape index (κ3) is 31.2. The van der Waals surface area contributed by atoms with E-state index < -0.39 is 81.8 Å². The fraction of sp³-hybridized carbons (Fsp3) is 0.569. The molecule has 0 spiro atoms. The third-order valence-electron chi connectivity index (χ3n) is 9.89. The van der Waals surface area contributed by atoms with Crippen molar-refractivity contribution in [2.75, 3.05) is 13.2 Å². The number of rotatable bonds is 36. The first-order valence-electron chi connectivity index (χ1n) is 23.4. The van der Waals surface area contributed by atoms with Crippen LogP contribution in [0.25, 0.3) is 0 Å². The van der Waals surface area contributed by atoms with Crippen molar-refractivity contribution < 1.29 is 68.2 Å². The van der Waals surface area contributed by atoms with Crippen molar-refractivity contribution in [2.24, 2.45) is 0 Å². The van der Waals surface area contributed by atoms with Gasteiger partial charge in [0.25, 0.3) is 0 Å². The van der Waals surface area contributed by atoms with Gasteiger partial charge in [-0.2, -0.15) is 0 Å². The predicted molar refractivity (Wildman–Crippen MR) is 259 cm³/mol. The minimum absolute atomic E-state index is 0.0578. The highest BCUT2D eigenvalue weighted by Crippen LogP contribution is 2.47. The number of aliphatic hydroxyl groups excluding tert-OH is 6. The summed E-state index contributed by atoms with van der Waals surface area (Å²) in [5, 5.41) is 60.0. The molecule has 1 aliphatic carbocycles. The number of phosphoric ester groups is 1. The summed E-state index contributed by atoms with van der Waals surface area (Å²) in [5.41, 5.74) is 0. The summed E-state index contributed by atoms with van der Waals surface area (Å²) in [6.07, 6.45) is 38.7. The topological polar surface area (TPSA) is 230 Å². The molecule has 14 nitrogen and oxygen atoms in total. The van der Waals surface area contributed by atoms with Crippen molar-refractivity contribution in [3.63, 3.8) is 0 Å². The molecular formula is C51H79O14P. The zero-order valence-corrected chi connectivity index (χ0v) is 39.9. The number of carbonyl (C=O) groups excluding carboxylic acids is 2. The van der Waals surface area contributed by atoms with Gasteiger partial charge in [0.1, 0.15) is 43.2 Å². The standard InChI is InChI=1S/C51H79O14P/c1-3-5-7-8-9-10-11-12-13-14-15-18-21-24-27-30-34-38-44(53)62-40-43(41-63-66(60,61)65-51-49(58)47(56)46(55)48(57)50(51)59)64-45(54)39-35-31-28-25-22-19-16-17-20-23-26-29-33-37-42(52)36-32-6-4-2/h5-7,9-10,12-13,15,17-20,22,26,28-29,31-33,37,42-43,46-52,55-59H,3-4,8,11,14,16,21,23-25,27,30,34-36,38-41H2,1-2H3,(H,60,61)/b7-5-,10-9-,13-12-,18-15-,20-17-,22-19-,29-26+,31-28-,32-6-,37-33+/t42?,43-,46?,47-,48+,49-,50-,51?/m1/s1. The van der Waals surface area contributed by atoms with E-state index in [0.717, 1.165) is 70.6 Å². The zero-order chi connectivity index (χ0) is 48.7. The number of ether oxygens (including phenoxy) is 2. The monoisotopic (exact) mass is 947 g/mol. The Balaban J connectivity index is 2.56. The van der Waals surface area contributed by atoms with Crippen molar-refractivity contribution in [2.45, 2.75) is 172 Å². The molecule has 1 aliphatic rings. The maximum absolute atomic E-state index is 12.8. The van der Waals surface area contributed by atoms with E-state index in [0.29, 0.717) is 25.7 Å². The highest BCUT2D eigenvalue weighted by molar-refractivity contribution is 7.47. The van der Waals surface area contributed by atoms with Gasteiger partial charge in [-0.3, -0.25) is 18.6 Å². The fourth-order valence-corrected chi connectivity index (χ4v) is 7.12. The Labute approximate surface area is 393 Å². The summed E-state index contributed by atoms with van der Waals surface area (Å²) in [6, 6.07) is 0. The molecule has 1 saturated carbocycles. The van der Waals surface area contributed by atoms with E-state index >= 15 is 0 Å². The van der Waals surface area contributed by atoms with Crippen LogP contribution >= 0.6 is 7.82 Å². The molecule has 0 saturated heterocycles. The molecule has 15 heteroatoms. The maximum Gasteiger partial charge on any atom is 0.472 e. The molecule has 66 heavy (non-hydrogen) atoms. The minimum Gasteiger partial charge on any atom is -0.462 e. The van der Waals surface area contributed by atoms with Gasteiger partial charge in [0.15, 0.2) is 6.10 Å².